The Labute approximate surface area is 255 Å². The number of para-hydroxylation sites is 1. The number of piperazine rings is 1. The molecule has 41 heavy (non-hydrogen) atoms. The summed E-state index contributed by atoms with van der Waals surface area (Å²) in [5, 5.41) is 25.6. The quantitative estimate of drug-likeness (QED) is 0.387. The molecule has 0 aliphatic carbocycles. The van der Waals surface area contributed by atoms with Crippen LogP contribution in [0.1, 0.15) is 37.6 Å². The van der Waals surface area contributed by atoms with Crippen molar-refractivity contribution in [2.24, 2.45) is 0 Å². The molecule has 2 aromatic carbocycles. The van der Waals surface area contributed by atoms with Crippen molar-refractivity contribution in [1.82, 2.24) is 19.6 Å². The lowest BCUT2D eigenvalue weighted by Gasteiger charge is -2.37. The molecule has 2 aliphatic rings. The Kier molecular flexibility index (Phi) is 8.87. The molecule has 1 N–H and O–H groups in total. The van der Waals surface area contributed by atoms with Gasteiger partial charge in [0.2, 0.25) is 0 Å². The van der Waals surface area contributed by atoms with E-state index in [1.54, 1.807) is 4.90 Å². The van der Waals surface area contributed by atoms with E-state index in [1.165, 1.54) is 0 Å². The van der Waals surface area contributed by atoms with Gasteiger partial charge in [0.1, 0.15) is 11.7 Å². The molecule has 1 fully saturated rings. The van der Waals surface area contributed by atoms with Crippen LogP contribution < -0.4 is 4.90 Å². The highest BCUT2D eigenvalue weighted by molar-refractivity contribution is 14.1. The summed E-state index contributed by atoms with van der Waals surface area (Å²) in [6.07, 6.45) is -0.262. The minimum Gasteiger partial charge on any atom is -0.444 e. The molecule has 3 aromatic rings. The minimum absolute atomic E-state index is 0.318. The van der Waals surface area contributed by atoms with Crippen molar-refractivity contribution in [2.45, 2.75) is 52.0 Å². The van der Waals surface area contributed by atoms with Crippen LogP contribution in [0.25, 0.3) is 11.3 Å². The van der Waals surface area contributed by atoms with Crippen LogP contribution in [0.4, 0.5) is 10.5 Å². The molecule has 0 radical (unpaired) electrons. The molecular weight excluding hydrogens is 631 g/mol. The minimum atomic E-state index is -0.592. The van der Waals surface area contributed by atoms with E-state index in [0.717, 1.165) is 58.0 Å². The number of nitrogens with zero attached hydrogens (tertiary/aromatic N) is 6. The number of hydrogen-bond donors (Lipinski definition) is 1. The number of amides is 1. The number of β-amino-alcohol motifs (C(OH)–C–C–N with tert-alkyl or cyclic N) is 1. The standard InChI is InChI=1S/C31H37IN6O3/c1-31(2,3)41-30(40)37-13-12-28-26(21-37)29(22-8-10-24(32)11-9-22)34-38(28)20-25(39)19-35-14-16-36(17-15-35)27-7-5-4-6-23(27)18-33/h4-11,25,39H,12-17,19-21H2,1-3H3. The topological polar surface area (TPSA) is 97.9 Å². The summed E-state index contributed by atoms with van der Waals surface area (Å²) in [5.41, 5.74) is 5.03. The van der Waals surface area contributed by atoms with Crippen molar-refractivity contribution in [3.63, 3.8) is 0 Å². The van der Waals surface area contributed by atoms with Gasteiger partial charge in [-0.05, 0) is 67.6 Å². The zero-order chi connectivity index (χ0) is 29.1. The molecule has 5 rings (SSSR count). The molecule has 1 aromatic heterocycles. The smallest absolute Gasteiger partial charge is 0.410 e. The van der Waals surface area contributed by atoms with Crippen LogP contribution >= 0.6 is 22.6 Å². The second kappa shape index (κ2) is 12.4. The summed E-state index contributed by atoms with van der Waals surface area (Å²) in [6, 6.07) is 18.2. The lowest BCUT2D eigenvalue weighted by molar-refractivity contribution is 0.0221. The van der Waals surface area contributed by atoms with Gasteiger partial charge in [-0.15, -0.1) is 0 Å². The monoisotopic (exact) mass is 668 g/mol. The van der Waals surface area contributed by atoms with E-state index in [-0.39, 0.29) is 6.09 Å². The molecule has 1 unspecified atom stereocenters. The number of hydrogen-bond acceptors (Lipinski definition) is 7. The molecule has 216 valence electrons. The highest BCUT2D eigenvalue weighted by atomic mass is 127. The highest BCUT2D eigenvalue weighted by Crippen LogP contribution is 2.31. The molecule has 1 saturated heterocycles. The fraction of sp³-hybridized carbons (Fsp3) is 0.452. The van der Waals surface area contributed by atoms with Gasteiger partial charge in [-0.2, -0.15) is 10.4 Å². The van der Waals surface area contributed by atoms with Crippen LogP contribution in [0.5, 0.6) is 0 Å². The number of ether oxygens (including phenoxy) is 1. The summed E-state index contributed by atoms with van der Waals surface area (Å²) >= 11 is 2.29. The molecule has 0 spiro atoms. The van der Waals surface area contributed by atoms with Crippen molar-refractivity contribution in [2.75, 3.05) is 44.2 Å². The zero-order valence-corrected chi connectivity index (χ0v) is 26.0. The van der Waals surface area contributed by atoms with Crippen LogP contribution in [0.15, 0.2) is 48.5 Å². The number of carbonyl (C=O) groups is 1. The van der Waals surface area contributed by atoms with Gasteiger partial charge in [-0.1, -0.05) is 24.3 Å². The van der Waals surface area contributed by atoms with E-state index in [2.05, 4.69) is 62.7 Å². The summed E-state index contributed by atoms with van der Waals surface area (Å²) in [4.78, 5) is 19.1. The van der Waals surface area contributed by atoms with Crippen LogP contribution in [-0.4, -0.2) is 81.8 Å². The Morgan fingerprint density at radius 3 is 2.46 bits per heavy atom. The second-order valence-corrected chi connectivity index (χ2v) is 12.9. The fourth-order valence-corrected chi connectivity index (χ4v) is 5.89. The third-order valence-electron chi connectivity index (χ3n) is 7.49. The lowest BCUT2D eigenvalue weighted by Crippen LogP contribution is -2.49. The van der Waals surface area contributed by atoms with Gasteiger partial charge >= 0.3 is 6.09 Å². The van der Waals surface area contributed by atoms with Crippen LogP contribution in [0.3, 0.4) is 0 Å². The first-order valence-electron chi connectivity index (χ1n) is 14.1. The second-order valence-electron chi connectivity index (χ2n) is 11.7. The number of aliphatic hydroxyl groups is 1. The molecule has 1 atom stereocenters. The van der Waals surface area contributed by atoms with Crippen LogP contribution in [-0.2, 0) is 24.2 Å². The molecule has 2 aliphatic heterocycles. The molecule has 0 bridgehead atoms. The number of fused-ring (bicyclic) bond motifs is 1. The van der Waals surface area contributed by atoms with E-state index < -0.39 is 11.7 Å². The first kappa shape index (κ1) is 29.4. The Balaban J connectivity index is 1.28. The molecule has 9 nitrogen and oxygen atoms in total. The summed E-state index contributed by atoms with van der Waals surface area (Å²) < 4.78 is 8.74. The van der Waals surface area contributed by atoms with Crippen molar-refractivity contribution in [1.29, 1.82) is 5.26 Å². The number of rotatable bonds is 6. The molecule has 0 saturated carbocycles. The summed E-state index contributed by atoms with van der Waals surface area (Å²) in [7, 11) is 0. The summed E-state index contributed by atoms with van der Waals surface area (Å²) in [6.45, 7) is 10.8. The number of aromatic nitrogens is 2. The van der Waals surface area contributed by atoms with Crippen molar-refractivity contribution in [3.05, 3.63) is 68.9 Å². The van der Waals surface area contributed by atoms with Gasteiger partial charge < -0.3 is 19.6 Å². The SMILES string of the molecule is CC(C)(C)OC(=O)N1CCc2c(c(-c3ccc(I)cc3)nn2CC(O)CN2CCN(c3ccccc3C#N)CC2)C1. The Morgan fingerprint density at radius 1 is 1.07 bits per heavy atom. The van der Waals surface area contributed by atoms with Crippen molar-refractivity contribution < 1.29 is 14.6 Å². The first-order chi connectivity index (χ1) is 19.6. The van der Waals surface area contributed by atoms with Gasteiger partial charge in [0.15, 0.2) is 0 Å². The summed E-state index contributed by atoms with van der Waals surface area (Å²) in [5.74, 6) is 0. The normalized spacial score (nSPS) is 16.7. The Bertz CT molecular complexity index is 1420. The van der Waals surface area contributed by atoms with Gasteiger partial charge in [0.05, 0.1) is 36.1 Å². The average molecular weight is 669 g/mol. The number of nitriles is 1. The van der Waals surface area contributed by atoms with Crippen molar-refractivity contribution in [3.8, 4) is 17.3 Å². The maximum atomic E-state index is 12.9. The van der Waals surface area contributed by atoms with Gasteiger partial charge in [-0.25, -0.2) is 4.79 Å². The van der Waals surface area contributed by atoms with Gasteiger partial charge in [-0.3, -0.25) is 9.58 Å². The Morgan fingerprint density at radius 2 is 1.78 bits per heavy atom. The zero-order valence-electron chi connectivity index (χ0n) is 23.9. The molecule has 10 heteroatoms. The number of benzene rings is 2. The third kappa shape index (κ3) is 7.02. The van der Waals surface area contributed by atoms with Crippen LogP contribution in [0, 0.1) is 14.9 Å². The van der Waals surface area contributed by atoms with Crippen LogP contribution in [0.2, 0.25) is 0 Å². The lowest BCUT2D eigenvalue weighted by atomic mass is 10.0. The Hall–Kier alpha value is -3.14. The maximum absolute atomic E-state index is 12.9. The van der Waals surface area contributed by atoms with Crippen molar-refractivity contribution >= 4 is 34.4 Å². The fourth-order valence-electron chi connectivity index (χ4n) is 5.53. The predicted molar refractivity (Wildman–Crippen MR) is 167 cm³/mol. The first-order valence-corrected chi connectivity index (χ1v) is 15.2. The molecule has 1 amide bonds. The largest absolute Gasteiger partial charge is 0.444 e. The highest BCUT2D eigenvalue weighted by Gasteiger charge is 2.31. The van der Waals surface area contributed by atoms with E-state index in [9.17, 15) is 15.2 Å². The number of anilines is 1. The number of carbonyl (C=O) groups excluding carboxylic acids is 1. The van der Waals surface area contributed by atoms with E-state index in [4.69, 9.17) is 9.84 Å². The maximum Gasteiger partial charge on any atom is 0.410 e. The third-order valence-corrected chi connectivity index (χ3v) is 8.21. The number of halogens is 1. The van der Waals surface area contributed by atoms with Gasteiger partial charge in [0.25, 0.3) is 0 Å². The average Bonchev–Trinajstić information content (AvgIpc) is 3.30. The number of aliphatic hydroxyl groups excluding tert-OH is 1. The predicted octanol–water partition coefficient (Wildman–Crippen LogP) is 4.50. The van der Waals surface area contributed by atoms with E-state index in [1.807, 2.05) is 49.7 Å². The van der Waals surface area contributed by atoms with E-state index in [0.29, 0.717) is 38.2 Å². The molecule has 3 heterocycles. The van der Waals surface area contributed by atoms with E-state index >= 15 is 0 Å². The van der Waals surface area contributed by atoms with Gasteiger partial charge in [0, 0.05) is 66.1 Å². The molecular formula is C31H37IN6O3.